The lowest BCUT2D eigenvalue weighted by Gasteiger charge is -2.34. The lowest BCUT2D eigenvalue weighted by Crippen LogP contribution is -2.61. The first-order valence-corrected chi connectivity index (χ1v) is 12.4. The Hall–Kier alpha value is -4.08. The lowest BCUT2D eigenvalue weighted by molar-refractivity contribution is -0.161. The largest absolute Gasteiger partial charge is 0.459 e. The van der Waals surface area contributed by atoms with Gasteiger partial charge in [0.15, 0.2) is 6.04 Å². The monoisotopic (exact) mass is 527 g/mol. The number of nitrogens with one attached hydrogen (secondary N) is 2. The maximum atomic E-state index is 13.5. The number of nitrogens with zero attached hydrogens (tertiary/aromatic N) is 1. The zero-order valence-corrected chi connectivity index (χ0v) is 22.7. The van der Waals surface area contributed by atoms with Gasteiger partial charge in [0.25, 0.3) is 5.91 Å². The smallest absolute Gasteiger partial charge is 0.426 e. The summed E-state index contributed by atoms with van der Waals surface area (Å²) in [5, 5.41) is 3.30. The number of ether oxygens (including phenoxy) is 3. The molecule has 0 heterocycles. The number of esters is 1. The molecule has 0 saturated carbocycles. The fourth-order valence-electron chi connectivity index (χ4n) is 3.36. The predicted octanol–water partition coefficient (Wildman–Crippen LogP) is 4.34. The van der Waals surface area contributed by atoms with E-state index < -0.39 is 47.7 Å². The Kier molecular flexibility index (Phi) is 11.1. The van der Waals surface area contributed by atoms with Gasteiger partial charge in [-0.15, -0.1) is 0 Å². The van der Waals surface area contributed by atoms with E-state index in [1.807, 2.05) is 36.4 Å². The topological polar surface area (TPSA) is 123 Å². The second-order valence-electron chi connectivity index (χ2n) is 10.0. The van der Waals surface area contributed by atoms with Crippen molar-refractivity contribution in [2.75, 3.05) is 0 Å². The van der Waals surface area contributed by atoms with Gasteiger partial charge in [-0.2, -0.15) is 0 Å². The number of benzene rings is 2. The highest BCUT2D eigenvalue weighted by molar-refractivity contribution is 5.90. The zero-order chi connectivity index (χ0) is 28.3. The van der Waals surface area contributed by atoms with Gasteiger partial charge in [-0.1, -0.05) is 74.5 Å². The van der Waals surface area contributed by atoms with Gasteiger partial charge in [0.05, 0.1) is 0 Å². The van der Waals surface area contributed by atoms with E-state index in [1.54, 1.807) is 58.9 Å². The number of carbonyl (C=O) groups is 4. The van der Waals surface area contributed by atoms with Gasteiger partial charge in [0.1, 0.15) is 24.9 Å². The van der Waals surface area contributed by atoms with Crippen molar-refractivity contribution in [3.05, 3.63) is 71.8 Å². The van der Waals surface area contributed by atoms with Gasteiger partial charge in [-0.25, -0.2) is 24.8 Å². The molecule has 0 aliphatic rings. The Bertz CT molecular complexity index is 1070. The molecule has 2 aromatic carbocycles. The van der Waals surface area contributed by atoms with Crippen LogP contribution < -0.4 is 10.7 Å². The molecule has 0 bridgehead atoms. The predicted molar refractivity (Wildman–Crippen MR) is 140 cm³/mol. The van der Waals surface area contributed by atoms with Crippen molar-refractivity contribution >= 4 is 24.1 Å². The van der Waals surface area contributed by atoms with Crippen molar-refractivity contribution in [2.24, 2.45) is 5.92 Å². The zero-order valence-electron chi connectivity index (χ0n) is 22.7. The lowest BCUT2D eigenvalue weighted by atomic mass is 10.0. The van der Waals surface area contributed by atoms with Crippen LogP contribution in [0.25, 0.3) is 0 Å². The quantitative estimate of drug-likeness (QED) is 0.283. The summed E-state index contributed by atoms with van der Waals surface area (Å²) in [7, 11) is 0. The van der Waals surface area contributed by atoms with E-state index in [4.69, 9.17) is 14.2 Å². The van der Waals surface area contributed by atoms with E-state index in [1.165, 1.54) is 6.92 Å². The molecule has 0 fully saturated rings. The van der Waals surface area contributed by atoms with Crippen LogP contribution >= 0.6 is 0 Å². The summed E-state index contributed by atoms with van der Waals surface area (Å²) in [6.07, 6.45) is -1.77. The van der Waals surface area contributed by atoms with Crippen molar-refractivity contribution in [2.45, 2.75) is 72.4 Å². The standard InChI is InChI=1S/C28H37N3O7/c1-19(2)23(25(33)36-17-21-13-9-7-10-14-21)31(30-27(35)38-28(4,5)6)24(32)20(3)29-26(34)37-18-22-15-11-8-12-16-22/h7-16,19-20,23H,17-18H2,1-6H3,(H,29,34)(H,30,35). The van der Waals surface area contributed by atoms with Crippen LogP contribution in [0.1, 0.15) is 52.7 Å². The van der Waals surface area contributed by atoms with Gasteiger partial charge in [-0.3, -0.25) is 4.79 Å². The molecule has 0 radical (unpaired) electrons. The molecule has 0 saturated heterocycles. The van der Waals surface area contributed by atoms with Gasteiger partial charge in [-0.05, 0) is 44.7 Å². The van der Waals surface area contributed by atoms with Gasteiger partial charge in [0, 0.05) is 0 Å². The Morgan fingerprint density at radius 2 is 1.29 bits per heavy atom. The van der Waals surface area contributed by atoms with Crippen molar-refractivity contribution in [3.8, 4) is 0 Å². The van der Waals surface area contributed by atoms with Gasteiger partial charge in [0.2, 0.25) is 0 Å². The summed E-state index contributed by atoms with van der Waals surface area (Å²) in [6.45, 7) is 9.82. The molecule has 2 N–H and O–H groups in total. The number of amides is 3. The Labute approximate surface area is 223 Å². The van der Waals surface area contributed by atoms with E-state index in [0.717, 1.165) is 16.1 Å². The second-order valence-corrected chi connectivity index (χ2v) is 10.0. The minimum atomic E-state index is -1.21. The van der Waals surface area contributed by atoms with Crippen molar-refractivity contribution in [3.63, 3.8) is 0 Å². The van der Waals surface area contributed by atoms with Crippen LogP contribution in [0, 0.1) is 5.92 Å². The van der Waals surface area contributed by atoms with E-state index in [-0.39, 0.29) is 13.2 Å². The summed E-state index contributed by atoms with van der Waals surface area (Å²) in [5.74, 6) is -1.95. The average Bonchev–Trinajstić information content (AvgIpc) is 2.85. The number of hydrogen-bond donors (Lipinski definition) is 2. The fraction of sp³-hybridized carbons (Fsp3) is 0.429. The number of alkyl carbamates (subject to hydrolysis) is 1. The first-order valence-electron chi connectivity index (χ1n) is 12.4. The molecule has 10 heteroatoms. The highest BCUT2D eigenvalue weighted by Crippen LogP contribution is 2.16. The summed E-state index contributed by atoms with van der Waals surface area (Å²) in [5.41, 5.74) is 3.06. The molecule has 38 heavy (non-hydrogen) atoms. The molecule has 0 aromatic heterocycles. The summed E-state index contributed by atoms with van der Waals surface area (Å²) in [4.78, 5) is 51.6. The van der Waals surface area contributed by atoms with E-state index in [9.17, 15) is 19.2 Å². The molecule has 0 spiro atoms. The first-order chi connectivity index (χ1) is 17.9. The van der Waals surface area contributed by atoms with Crippen LogP contribution in [0.4, 0.5) is 9.59 Å². The van der Waals surface area contributed by atoms with E-state index >= 15 is 0 Å². The molecule has 206 valence electrons. The van der Waals surface area contributed by atoms with Gasteiger partial charge < -0.3 is 19.5 Å². The Morgan fingerprint density at radius 3 is 1.76 bits per heavy atom. The molecule has 3 amide bonds. The highest BCUT2D eigenvalue weighted by Gasteiger charge is 2.38. The molecule has 10 nitrogen and oxygen atoms in total. The van der Waals surface area contributed by atoms with Crippen LogP contribution in [0.15, 0.2) is 60.7 Å². The van der Waals surface area contributed by atoms with Crippen LogP contribution in [0.2, 0.25) is 0 Å². The molecule has 2 aromatic rings. The number of carbonyl (C=O) groups excluding carboxylic acids is 4. The first kappa shape index (κ1) is 30.1. The molecule has 2 atom stereocenters. The van der Waals surface area contributed by atoms with E-state index in [2.05, 4.69) is 10.7 Å². The maximum absolute atomic E-state index is 13.5. The van der Waals surface area contributed by atoms with Crippen molar-refractivity contribution in [1.82, 2.24) is 15.8 Å². The Morgan fingerprint density at radius 1 is 0.789 bits per heavy atom. The SMILES string of the molecule is CC(NC(=O)OCc1ccccc1)C(=O)N(NC(=O)OC(C)(C)C)C(C(=O)OCc1ccccc1)C(C)C. The third-order valence-electron chi connectivity index (χ3n) is 5.14. The molecular weight excluding hydrogens is 490 g/mol. The normalized spacial score (nSPS) is 12.6. The summed E-state index contributed by atoms with van der Waals surface area (Å²) < 4.78 is 16.0. The van der Waals surface area contributed by atoms with Crippen LogP contribution in [-0.2, 0) is 37.0 Å². The molecular formula is C28H37N3O7. The van der Waals surface area contributed by atoms with Crippen LogP contribution in [-0.4, -0.2) is 46.8 Å². The van der Waals surface area contributed by atoms with E-state index in [0.29, 0.717) is 0 Å². The average molecular weight is 528 g/mol. The molecule has 2 unspecified atom stereocenters. The van der Waals surface area contributed by atoms with Gasteiger partial charge >= 0.3 is 18.2 Å². The number of hydrazine groups is 1. The number of hydrogen-bond acceptors (Lipinski definition) is 7. The third kappa shape index (κ3) is 10.1. The Balaban J connectivity index is 2.17. The molecule has 2 rings (SSSR count). The third-order valence-corrected chi connectivity index (χ3v) is 5.14. The number of rotatable bonds is 9. The highest BCUT2D eigenvalue weighted by atomic mass is 16.6. The second kappa shape index (κ2) is 14.0. The van der Waals surface area contributed by atoms with Crippen molar-refractivity contribution in [1.29, 1.82) is 0 Å². The van der Waals surface area contributed by atoms with Crippen LogP contribution in [0.5, 0.6) is 0 Å². The summed E-state index contributed by atoms with van der Waals surface area (Å²) in [6, 6.07) is 15.8. The van der Waals surface area contributed by atoms with Crippen LogP contribution in [0.3, 0.4) is 0 Å². The maximum Gasteiger partial charge on any atom is 0.426 e. The minimum Gasteiger partial charge on any atom is -0.459 e. The fourth-order valence-corrected chi connectivity index (χ4v) is 3.36. The molecule has 0 aliphatic heterocycles. The van der Waals surface area contributed by atoms with Crippen molar-refractivity contribution < 1.29 is 33.4 Å². The molecule has 0 aliphatic carbocycles. The minimum absolute atomic E-state index is 0.00783. The summed E-state index contributed by atoms with van der Waals surface area (Å²) >= 11 is 0.